The van der Waals surface area contributed by atoms with Gasteiger partial charge in [0.25, 0.3) is 5.91 Å². The van der Waals surface area contributed by atoms with E-state index in [0.717, 1.165) is 25.0 Å². The lowest BCUT2D eigenvalue weighted by Crippen LogP contribution is -2.32. The Morgan fingerprint density at radius 1 is 1.24 bits per heavy atom. The minimum Gasteiger partial charge on any atom is -0.376 e. The van der Waals surface area contributed by atoms with Crippen LogP contribution in [0.15, 0.2) is 24.4 Å². The van der Waals surface area contributed by atoms with Crippen molar-refractivity contribution in [3.63, 3.8) is 0 Å². The van der Waals surface area contributed by atoms with Crippen LogP contribution >= 0.6 is 0 Å². The third-order valence-electron chi connectivity index (χ3n) is 3.68. The number of hydrogen-bond donors (Lipinski definition) is 2. The van der Waals surface area contributed by atoms with Crippen LogP contribution in [0.3, 0.4) is 0 Å². The second-order valence-electron chi connectivity index (χ2n) is 5.46. The molecule has 0 spiro atoms. The molecule has 2 N–H and O–H groups in total. The topological polar surface area (TPSA) is 76.1 Å². The summed E-state index contributed by atoms with van der Waals surface area (Å²) in [6.07, 6.45) is 3.13. The molecule has 2 aromatic rings. The van der Waals surface area contributed by atoms with Gasteiger partial charge in [0.2, 0.25) is 5.95 Å². The predicted octanol–water partition coefficient (Wildman–Crippen LogP) is 2.55. The van der Waals surface area contributed by atoms with Crippen molar-refractivity contribution in [1.29, 1.82) is 0 Å². The standard InChI is InChI=1S/C16H15F3N4O2/c17-10-3-4-11(14(19)13(10)18)22-16-20-6-5-12(23-16)15(24)21-8-9-2-1-7-25-9/h3-6,9H,1-2,7-8H2,(H,21,24)(H,20,22,23). The maximum Gasteiger partial charge on any atom is 0.270 e. The lowest BCUT2D eigenvalue weighted by molar-refractivity contribution is 0.0853. The number of ether oxygens (including phenoxy) is 1. The highest BCUT2D eigenvalue weighted by molar-refractivity contribution is 5.92. The summed E-state index contributed by atoms with van der Waals surface area (Å²) in [5, 5.41) is 5.12. The summed E-state index contributed by atoms with van der Waals surface area (Å²) in [6, 6.07) is 3.18. The Labute approximate surface area is 141 Å². The zero-order valence-corrected chi connectivity index (χ0v) is 13.1. The van der Waals surface area contributed by atoms with Crippen LogP contribution in [-0.4, -0.2) is 35.1 Å². The minimum atomic E-state index is -1.60. The monoisotopic (exact) mass is 352 g/mol. The second kappa shape index (κ2) is 7.47. The van der Waals surface area contributed by atoms with Gasteiger partial charge in [-0.3, -0.25) is 4.79 Å². The maximum absolute atomic E-state index is 13.7. The van der Waals surface area contributed by atoms with Crippen molar-refractivity contribution in [2.24, 2.45) is 0 Å². The number of carbonyl (C=O) groups is 1. The Balaban J connectivity index is 1.68. The molecule has 132 valence electrons. The number of hydrogen-bond acceptors (Lipinski definition) is 5. The van der Waals surface area contributed by atoms with E-state index in [1.807, 2.05) is 0 Å². The number of nitrogens with zero attached hydrogens (tertiary/aromatic N) is 2. The van der Waals surface area contributed by atoms with Gasteiger partial charge >= 0.3 is 0 Å². The molecular formula is C16H15F3N4O2. The lowest BCUT2D eigenvalue weighted by Gasteiger charge is -2.11. The van der Waals surface area contributed by atoms with Crippen LogP contribution < -0.4 is 10.6 Å². The van der Waals surface area contributed by atoms with Gasteiger partial charge in [0.15, 0.2) is 17.5 Å². The highest BCUT2D eigenvalue weighted by atomic mass is 19.2. The van der Waals surface area contributed by atoms with E-state index in [1.54, 1.807) is 0 Å². The first-order chi connectivity index (χ1) is 12.0. The number of rotatable bonds is 5. The van der Waals surface area contributed by atoms with E-state index < -0.39 is 23.4 Å². The SMILES string of the molecule is O=C(NCC1CCCO1)c1ccnc(Nc2ccc(F)c(F)c2F)n1. The fourth-order valence-electron chi connectivity index (χ4n) is 2.39. The molecule has 25 heavy (non-hydrogen) atoms. The Hall–Kier alpha value is -2.68. The number of aromatic nitrogens is 2. The number of carbonyl (C=O) groups excluding carboxylic acids is 1. The fraction of sp³-hybridized carbons (Fsp3) is 0.312. The normalized spacial score (nSPS) is 16.7. The molecule has 1 saturated heterocycles. The highest BCUT2D eigenvalue weighted by Gasteiger charge is 2.18. The quantitative estimate of drug-likeness (QED) is 0.809. The molecule has 1 aromatic carbocycles. The van der Waals surface area contributed by atoms with Crippen molar-refractivity contribution in [1.82, 2.24) is 15.3 Å². The molecule has 1 amide bonds. The number of amides is 1. The molecule has 1 atom stereocenters. The van der Waals surface area contributed by atoms with Crippen molar-refractivity contribution >= 4 is 17.5 Å². The van der Waals surface area contributed by atoms with Gasteiger partial charge < -0.3 is 15.4 Å². The van der Waals surface area contributed by atoms with Crippen LogP contribution in [0.25, 0.3) is 0 Å². The van der Waals surface area contributed by atoms with Crippen LogP contribution in [0, 0.1) is 17.5 Å². The summed E-state index contributed by atoms with van der Waals surface area (Å²) < 4.78 is 45.3. The number of halogens is 3. The molecule has 0 bridgehead atoms. The minimum absolute atomic E-state index is 0.0142. The van der Waals surface area contributed by atoms with E-state index in [-0.39, 0.29) is 23.4 Å². The first kappa shape index (κ1) is 17.2. The lowest BCUT2D eigenvalue weighted by atomic mass is 10.2. The van der Waals surface area contributed by atoms with Crippen LogP contribution in [0.2, 0.25) is 0 Å². The Bertz CT molecular complexity index is 782. The molecule has 0 radical (unpaired) electrons. The average molecular weight is 352 g/mol. The van der Waals surface area contributed by atoms with Gasteiger partial charge in [-0.15, -0.1) is 0 Å². The molecule has 1 fully saturated rings. The van der Waals surface area contributed by atoms with Crippen LogP contribution in [0.4, 0.5) is 24.8 Å². The van der Waals surface area contributed by atoms with Crippen molar-refractivity contribution in [3.8, 4) is 0 Å². The molecule has 1 unspecified atom stereocenters. The van der Waals surface area contributed by atoms with E-state index in [4.69, 9.17) is 4.74 Å². The van der Waals surface area contributed by atoms with E-state index in [2.05, 4.69) is 20.6 Å². The summed E-state index contributed by atoms with van der Waals surface area (Å²) in [7, 11) is 0. The van der Waals surface area contributed by atoms with Gasteiger partial charge in [-0.1, -0.05) is 0 Å². The number of anilines is 2. The smallest absolute Gasteiger partial charge is 0.270 e. The Morgan fingerprint density at radius 3 is 2.84 bits per heavy atom. The largest absolute Gasteiger partial charge is 0.376 e. The molecular weight excluding hydrogens is 337 g/mol. The van der Waals surface area contributed by atoms with Crippen molar-refractivity contribution in [2.75, 3.05) is 18.5 Å². The Kier molecular flexibility index (Phi) is 5.13. The first-order valence-corrected chi connectivity index (χ1v) is 7.68. The van der Waals surface area contributed by atoms with Gasteiger partial charge in [-0.2, -0.15) is 0 Å². The van der Waals surface area contributed by atoms with Crippen molar-refractivity contribution in [2.45, 2.75) is 18.9 Å². The van der Waals surface area contributed by atoms with Gasteiger partial charge in [0.1, 0.15) is 5.69 Å². The molecule has 0 saturated carbocycles. The molecule has 1 aliphatic heterocycles. The van der Waals surface area contributed by atoms with Gasteiger partial charge in [0, 0.05) is 19.3 Å². The molecule has 0 aliphatic carbocycles. The summed E-state index contributed by atoms with van der Waals surface area (Å²) >= 11 is 0. The zero-order valence-electron chi connectivity index (χ0n) is 13.1. The average Bonchev–Trinajstić information content (AvgIpc) is 3.14. The van der Waals surface area contributed by atoms with E-state index in [9.17, 15) is 18.0 Å². The van der Waals surface area contributed by atoms with Gasteiger partial charge in [-0.05, 0) is 31.0 Å². The third-order valence-corrected chi connectivity index (χ3v) is 3.68. The van der Waals surface area contributed by atoms with E-state index in [1.165, 1.54) is 12.3 Å². The van der Waals surface area contributed by atoms with Crippen LogP contribution in [0.1, 0.15) is 23.3 Å². The maximum atomic E-state index is 13.7. The first-order valence-electron chi connectivity index (χ1n) is 7.68. The zero-order chi connectivity index (χ0) is 17.8. The number of nitrogens with one attached hydrogen (secondary N) is 2. The molecule has 3 rings (SSSR count). The fourth-order valence-corrected chi connectivity index (χ4v) is 2.39. The highest BCUT2D eigenvalue weighted by Crippen LogP contribution is 2.22. The van der Waals surface area contributed by atoms with E-state index >= 15 is 0 Å². The second-order valence-corrected chi connectivity index (χ2v) is 5.46. The van der Waals surface area contributed by atoms with Gasteiger partial charge in [0.05, 0.1) is 11.8 Å². The molecule has 1 aliphatic rings. The summed E-state index contributed by atoms with van der Waals surface area (Å²) in [6.45, 7) is 1.05. The predicted molar refractivity (Wildman–Crippen MR) is 82.9 cm³/mol. The molecule has 6 nitrogen and oxygen atoms in total. The summed E-state index contributed by atoms with van der Waals surface area (Å²) in [4.78, 5) is 19.9. The van der Waals surface area contributed by atoms with Gasteiger partial charge in [-0.25, -0.2) is 23.1 Å². The van der Waals surface area contributed by atoms with Crippen LogP contribution in [0.5, 0.6) is 0 Å². The molecule has 2 heterocycles. The Morgan fingerprint density at radius 2 is 2.08 bits per heavy atom. The van der Waals surface area contributed by atoms with Crippen LogP contribution in [-0.2, 0) is 4.74 Å². The van der Waals surface area contributed by atoms with Crippen molar-refractivity contribution in [3.05, 3.63) is 47.5 Å². The molecule has 9 heteroatoms. The van der Waals surface area contributed by atoms with Crippen molar-refractivity contribution < 1.29 is 22.7 Å². The third kappa shape index (κ3) is 4.05. The number of benzene rings is 1. The summed E-state index contributed by atoms with van der Waals surface area (Å²) in [5.74, 6) is -4.85. The summed E-state index contributed by atoms with van der Waals surface area (Å²) in [5.41, 5.74) is -0.283. The van der Waals surface area contributed by atoms with E-state index in [0.29, 0.717) is 13.2 Å². The molecule has 1 aromatic heterocycles.